The second-order valence-corrected chi connectivity index (χ2v) is 4.53. The Kier molecular flexibility index (Phi) is 3.63. The van der Waals surface area contributed by atoms with Crippen LogP contribution in [0.3, 0.4) is 0 Å². The minimum atomic E-state index is 0.0283. The van der Waals surface area contributed by atoms with Gasteiger partial charge >= 0.3 is 0 Å². The first-order chi connectivity index (χ1) is 8.61. The van der Waals surface area contributed by atoms with Crippen molar-refractivity contribution in [3.63, 3.8) is 0 Å². The number of aliphatic hydroxyl groups excluding tert-OH is 1. The van der Waals surface area contributed by atoms with Crippen molar-refractivity contribution in [1.82, 2.24) is 4.98 Å². The van der Waals surface area contributed by atoms with Crippen LogP contribution in [0, 0.1) is 13.8 Å². The molecule has 0 saturated carbocycles. The van der Waals surface area contributed by atoms with Gasteiger partial charge in [0.1, 0.15) is 5.82 Å². The number of benzene rings is 1. The number of aliphatic hydroxyl groups is 1. The van der Waals surface area contributed by atoms with Gasteiger partial charge in [0, 0.05) is 18.9 Å². The largest absolute Gasteiger partial charge is 0.392 e. The van der Waals surface area contributed by atoms with Crippen LogP contribution in [0.25, 0.3) is 0 Å². The minimum Gasteiger partial charge on any atom is -0.392 e. The molecule has 0 aliphatic rings. The summed E-state index contributed by atoms with van der Waals surface area (Å²) in [5.74, 6) is 0.874. The second-order valence-electron chi connectivity index (χ2n) is 4.53. The SMILES string of the molecule is Cc1ccc(N(C)c2ccc(CO)cn2)c(C)c1. The molecule has 2 rings (SSSR count). The van der Waals surface area contributed by atoms with Crippen LogP contribution < -0.4 is 4.90 Å². The molecule has 18 heavy (non-hydrogen) atoms. The molecule has 0 aliphatic heterocycles. The van der Waals surface area contributed by atoms with Crippen LogP contribution in [-0.4, -0.2) is 17.1 Å². The Morgan fingerprint density at radius 1 is 1.17 bits per heavy atom. The number of aryl methyl sites for hydroxylation is 2. The van der Waals surface area contributed by atoms with Gasteiger partial charge in [-0.15, -0.1) is 0 Å². The summed E-state index contributed by atoms with van der Waals surface area (Å²) in [6, 6.07) is 10.2. The molecule has 0 unspecified atom stereocenters. The number of hydrogen-bond acceptors (Lipinski definition) is 3. The van der Waals surface area contributed by atoms with Gasteiger partial charge in [-0.2, -0.15) is 0 Å². The maximum atomic E-state index is 9.01. The molecule has 3 nitrogen and oxygen atoms in total. The van der Waals surface area contributed by atoms with E-state index in [1.807, 2.05) is 19.2 Å². The third kappa shape index (κ3) is 2.51. The molecule has 0 saturated heterocycles. The molecule has 0 amide bonds. The van der Waals surface area contributed by atoms with Gasteiger partial charge in [-0.05, 0) is 37.1 Å². The smallest absolute Gasteiger partial charge is 0.132 e. The van der Waals surface area contributed by atoms with Crippen LogP contribution in [0.15, 0.2) is 36.5 Å². The van der Waals surface area contributed by atoms with Crippen molar-refractivity contribution >= 4 is 11.5 Å². The summed E-state index contributed by atoms with van der Waals surface area (Å²) < 4.78 is 0. The summed E-state index contributed by atoms with van der Waals surface area (Å²) in [5, 5.41) is 9.01. The Balaban J connectivity index is 2.31. The summed E-state index contributed by atoms with van der Waals surface area (Å²) in [6.45, 7) is 4.21. The highest BCUT2D eigenvalue weighted by atomic mass is 16.3. The molecule has 1 aromatic heterocycles. The van der Waals surface area contributed by atoms with Crippen LogP contribution in [-0.2, 0) is 6.61 Å². The first-order valence-electron chi connectivity index (χ1n) is 5.98. The van der Waals surface area contributed by atoms with Gasteiger partial charge in [0.2, 0.25) is 0 Å². The van der Waals surface area contributed by atoms with E-state index < -0.39 is 0 Å². The molecule has 94 valence electrons. The molecule has 1 aromatic carbocycles. The first-order valence-corrected chi connectivity index (χ1v) is 5.98. The number of rotatable bonds is 3. The fourth-order valence-electron chi connectivity index (χ4n) is 2.01. The molecule has 0 bridgehead atoms. The molecule has 0 aliphatic carbocycles. The normalized spacial score (nSPS) is 10.4. The topological polar surface area (TPSA) is 36.4 Å². The number of hydrogen-bond donors (Lipinski definition) is 1. The zero-order chi connectivity index (χ0) is 13.1. The van der Waals surface area contributed by atoms with Gasteiger partial charge in [-0.1, -0.05) is 23.8 Å². The molecule has 1 N–H and O–H groups in total. The molecule has 0 radical (unpaired) electrons. The Morgan fingerprint density at radius 3 is 2.50 bits per heavy atom. The summed E-state index contributed by atoms with van der Waals surface area (Å²) in [5.41, 5.74) is 4.45. The highest BCUT2D eigenvalue weighted by Gasteiger charge is 2.08. The van der Waals surface area contributed by atoms with Crippen molar-refractivity contribution in [3.05, 3.63) is 53.2 Å². The maximum Gasteiger partial charge on any atom is 0.132 e. The summed E-state index contributed by atoms with van der Waals surface area (Å²) in [6.07, 6.45) is 1.70. The highest BCUT2D eigenvalue weighted by molar-refractivity contribution is 5.63. The van der Waals surface area contributed by atoms with E-state index in [0.29, 0.717) is 0 Å². The van der Waals surface area contributed by atoms with Crippen LogP contribution in [0.4, 0.5) is 11.5 Å². The van der Waals surface area contributed by atoms with E-state index in [-0.39, 0.29) is 6.61 Å². The van der Waals surface area contributed by atoms with Gasteiger partial charge < -0.3 is 10.0 Å². The molecule has 0 spiro atoms. The molecule has 2 aromatic rings. The minimum absolute atomic E-state index is 0.0283. The monoisotopic (exact) mass is 242 g/mol. The van der Waals surface area contributed by atoms with E-state index in [0.717, 1.165) is 17.1 Å². The molecule has 0 fully saturated rings. The fourth-order valence-corrected chi connectivity index (χ4v) is 2.01. The quantitative estimate of drug-likeness (QED) is 0.899. The summed E-state index contributed by atoms with van der Waals surface area (Å²) in [7, 11) is 2.00. The average molecular weight is 242 g/mol. The lowest BCUT2D eigenvalue weighted by Crippen LogP contribution is -2.12. The van der Waals surface area contributed by atoms with Crippen molar-refractivity contribution in [2.24, 2.45) is 0 Å². The fraction of sp³-hybridized carbons (Fsp3) is 0.267. The van der Waals surface area contributed by atoms with Crippen molar-refractivity contribution in [1.29, 1.82) is 0 Å². The third-order valence-electron chi connectivity index (χ3n) is 3.05. The van der Waals surface area contributed by atoms with Crippen molar-refractivity contribution < 1.29 is 5.11 Å². The number of pyridine rings is 1. The molecule has 3 heteroatoms. The van der Waals surface area contributed by atoms with E-state index >= 15 is 0 Å². The third-order valence-corrected chi connectivity index (χ3v) is 3.05. The van der Waals surface area contributed by atoms with Gasteiger partial charge in [-0.3, -0.25) is 0 Å². The van der Waals surface area contributed by atoms with Gasteiger partial charge in [0.25, 0.3) is 0 Å². The van der Waals surface area contributed by atoms with Crippen LogP contribution in [0.1, 0.15) is 16.7 Å². The number of nitrogens with zero attached hydrogens (tertiary/aromatic N) is 2. The van der Waals surface area contributed by atoms with E-state index in [2.05, 4.69) is 41.9 Å². The van der Waals surface area contributed by atoms with E-state index in [4.69, 9.17) is 5.11 Å². The van der Waals surface area contributed by atoms with E-state index in [1.54, 1.807) is 6.20 Å². The first kappa shape index (κ1) is 12.6. The number of anilines is 2. The van der Waals surface area contributed by atoms with Crippen molar-refractivity contribution in [2.45, 2.75) is 20.5 Å². The lowest BCUT2D eigenvalue weighted by molar-refractivity contribution is 0.281. The Hall–Kier alpha value is -1.87. The average Bonchev–Trinajstić information content (AvgIpc) is 2.38. The Bertz CT molecular complexity index is 535. The lowest BCUT2D eigenvalue weighted by Gasteiger charge is -2.21. The van der Waals surface area contributed by atoms with Crippen LogP contribution in [0.2, 0.25) is 0 Å². The van der Waals surface area contributed by atoms with Gasteiger partial charge in [0.15, 0.2) is 0 Å². The molecule has 1 heterocycles. The lowest BCUT2D eigenvalue weighted by atomic mass is 10.1. The standard InChI is InChI=1S/C15H18N2O/c1-11-4-6-14(12(2)8-11)17(3)15-7-5-13(10-18)9-16-15/h4-9,18H,10H2,1-3H3. The van der Waals surface area contributed by atoms with Crippen molar-refractivity contribution in [2.75, 3.05) is 11.9 Å². The van der Waals surface area contributed by atoms with E-state index in [1.165, 1.54) is 11.1 Å². The van der Waals surface area contributed by atoms with Gasteiger partial charge in [-0.25, -0.2) is 4.98 Å². The predicted molar refractivity (Wildman–Crippen MR) is 74.1 cm³/mol. The Labute approximate surface area is 108 Å². The second kappa shape index (κ2) is 5.19. The number of aromatic nitrogens is 1. The van der Waals surface area contributed by atoms with Gasteiger partial charge in [0.05, 0.1) is 6.61 Å². The molecular formula is C15H18N2O. The molecular weight excluding hydrogens is 224 g/mol. The molecule has 0 atom stereocenters. The zero-order valence-corrected chi connectivity index (χ0v) is 11.0. The van der Waals surface area contributed by atoms with Crippen LogP contribution in [0.5, 0.6) is 0 Å². The Morgan fingerprint density at radius 2 is 1.94 bits per heavy atom. The van der Waals surface area contributed by atoms with Crippen molar-refractivity contribution in [3.8, 4) is 0 Å². The maximum absolute atomic E-state index is 9.01. The summed E-state index contributed by atoms with van der Waals surface area (Å²) in [4.78, 5) is 6.41. The predicted octanol–water partition coefficient (Wildman–Crippen LogP) is 2.96. The zero-order valence-electron chi connectivity index (χ0n) is 11.0. The summed E-state index contributed by atoms with van der Waals surface area (Å²) >= 11 is 0. The van der Waals surface area contributed by atoms with E-state index in [9.17, 15) is 0 Å². The highest BCUT2D eigenvalue weighted by Crippen LogP contribution is 2.25. The van der Waals surface area contributed by atoms with Crippen LogP contribution >= 0.6 is 0 Å².